The molecule has 0 heterocycles. The topological polar surface area (TPSA) is 52.5 Å². The zero-order valence-corrected chi connectivity index (χ0v) is 8.51. The molecule has 0 aromatic heterocycles. The van der Waals surface area contributed by atoms with E-state index in [1.54, 1.807) is 0 Å². The van der Waals surface area contributed by atoms with Crippen molar-refractivity contribution in [2.75, 3.05) is 20.2 Å². The molecule has 3 heteroatoms. The Labute approximate surface area is 75.8 Å². The Balaban J connectivity index is 0. The van der Waals surface area contributed by atoms with Crippen LogP contribution in [-0.4, -0.2) is 36.5 Å². The van der Waals surface area contributed by atoms with Gasteiger partial charge in [-0.15, -0.1) is 0 Å². The lowest BCUT2D eigenvalue weighted by molar-refractivity contribution is 0.0862. The van der Waals surface area contributed by atoms with Gasteiger partial charge in [0.1, 0.15) is 0 Å². The Bertz CT molecular complexity index is 69.5. The van der Waals surface area contributed by atoms with Crippen LogP contribution in [0.3, 0.4) is 0 Å². The number of hydrogen-bond acceptors (Lipinski definition) is 3. The third kappa shape index (κ3) is 12.5. The van der Waals surface area contributed by atoms with Crippen LogP contribution in [0.2, 0.25) is 0 Å². The Morgan fingerprint density at radius 1 is 1.25 bits per heavy atom. The summed E-state index contributed by atoms with van der Waals surface area (Å²) in [5.74, 6) is 0. The van der Waals surface area contributed by atoms with Crippen molar-refractivity contribution in [3.8, 4) is 0 Å². The molecule has 0 amide bonds. The second-order valence-corrected chi connectivity index (χ2v) is 2.44. The van der Waals surface area contributed by atoms with Crippen LogP contribution in [0.15, 0.2) is 0 Å². The van der Waals surface area contributed by atoms with E-state index in [1.807, 2.05) is 20.9 Å². The maximum Gasteiger partial charge on any atom is 0.0770 e. The molecule has 76 valence electrons. The molecule has 0 aliphatic carbocycles. The SMILES string of the molecule is CC.CNCCCCC(O)CO. The van der Waals surface area contributed by atoms with Gasteiger partial charge in [-0.1, -0.05) is 13.8 Å². The van der Waals surface area contributed by atoms with Crippen molar-refractivity contribution in [1.82, 2.24) is 5.32 Å². The third-order valence-corrected chi connectivity index (χ3v) is 1.42. The van der Waals surface area contributed by atoms with Crippen molar-refractivity contribution in [1.29, 1.82) is 0 Å². The van der Waals surface area contributed by atoms with Gasteiger partial charge in [-0.3, -0.25) is 0 Å². The summed E-state index contributed by atoms with van der Waals surface area (Å²) < 4.78 is 0. The summed E-state index contributed by atoms with van der Waals surface area (Å²) >= 11 is 0. The van der Waals surface area contributed by atoms with Crippen LogP contribution < -0.4 is 5.32 Å². The molecule has 1 atom stereocenters. The molecule has 0 saturated heterocycles. The molecule has 0 aliphatic heterocycles. The first-order valence-electron chi connectivity index (χ1n) is 4.74. The fourth-order valence-electron chi connectivity index (χ4n) is 0.773. The molecule has 0 bridgehead atoms. The number of unbranched alkanes of at least 4 members (excludes halogenated alkanes) is 1. The third-order valence-electron chi connectivity index (χ3n) is 1.42. The highest BCUT2D eigenvalue weighted by Crippen LogP contribution is 1.98. The fraction of sp³-hybridized carbons (Fsp3) is 1.00. The lowest BCUT2D eigenvalue weighted by Crippen LogP contribution is -2.13. The van der Waals surface area contributed by atoms with Crippen molar-refractivity contribution in [2.24, 2.45) is 0 Å². The number of rotatable bonds is 6. The zero-order valence-electron chi connectivity index (χ0n) is 8.51. The van der Waals surface area contributed by atoms with Crippen molar-refractivity contribution >= 4 is 0 Å². The van der Waals surface area contributed by atoms with Crippen LogP contribution >= 0.6 is 0 Å². The molecule has 12 heavy (non-hydrogen) atoms. The van der Waals surface area contributed by atoms with E-state index in [9.17, 15) is 0 Å². The Morgan fingerprint density at radius 3 is 2.25 bits per heavy atom. The number of hydrogen-bond donors (Lipinski definition) is 3. The van der Waals surface area contributed by atoms with Crippen LogP contribution in [-0.2, 0) is 0 Å². The largest absolute Gasteiger partial charge is 0.394 e. The van der Waals surface area contributed by atoms with Gasteiger partial charge >= 0.3 is 0 Å². The summed E-state index contributed by atoms with van der Waals surface area (Å²) in [4.78, 5) is 0. The van der Waals surface area contributed by atoms with Gasteiger partial charge in [0.2, 0.25) is 0 Å². The molecule has 0 saturated carbocycles. The average molecular weight is 177 g/mol. The maximum absolute atomic E-state index is 8.89. The highest BCUT2D eigenvalue weighted by molar-refractivity contribution is 4.53. The number of aliphatic hydroxyl groups excluding tert-OH is 2. The van der Waals surface area contributed by atoms with Gasteiger partial charge in [0, 0.05) is 0 Å². The van der Waals surface area contributed by atoms with E-state index >= 15 is 0 Å². The molecule has 0 fully saturated rings. The summed E-state index contributed by atoms with van der Waals surface area (Å²) in [5.41, 5.74) is 0. The molecule has 3 nitrogen and oxygen atoms in total. The van der Waals surface area contributed by atoms with Crippen LogP contribution in [0.25, 0.3) is 0 Å². The zero-order chi connectivity index (χ0) is 9.82. The molecule has 0 spiro atoms. The van der Waals surface area contributed by atoms with Crippen molar-refractivity contribution < 1.29 is 10.2 Å². The van der Waals surface area contributed by atoms with Gasteiger partial charge in [0.15, 0.2) is 0 Å². The van der Waals surface area contributed by atoms with Gasteiger partial charge in [0.05, 0.1) is 12.7 Å². The molecule has 0 radical (unpaired) electrons. The van der Waals surface area contributed by atoms with E-state index < -0.39 is 6.10 Å². The molecule has 0 aromatic rings. The van der Waals surface area contributed by atoms with Gasteiger partial charge in [0.25, 0.3) is 0 Å². The maximum atomic E-state index is 8.89. The van der Waals surface area contributed by atoms with Crippen molar-refractivity contribution in [3.05, 3.63) is 0 Å². The first kappa shape index (κ1) is 14.4. The average Bonchev–Trinajstić information content (AvgIpc) is 2.15. The predicted molar refractivity (Wildman–Crippen MR) is 52.2 cm³/mol. The summed E-state index contributed by atoms with van der Waals surface area (Å²) in [6.45, 7) is 4.87. The normalized spacial score (nSPS) is 11.8. The van der Waals surface area contributed by atoms with E-state index in [4.69, 9.17) is 10.2 Å². The minimum absolute atomic E-state index is 0.112. The standard InChI is InChI=1S/C7H17NO2.C2H6/c1-8-5-3-2-4-7(10)6-9;1-2/h7-10H,2-6H2,1H3;1-2H3. The molecule has 0 aromatic carbocycles. The molecule has 0 rings (SSSR count). The summed E-state index contributed by atoms with van der Waals surface area (Å²) in [6.07, 6.45) is 2.23. The number of nitrogens with one attached hydrogen (secondary N) is 1. The van der Waals surface area contributed by atoms with E-state index in [0.29, 0.717) is 6.42 Å². The fourth-order valence-corrected chi connectivity index (χ4v) is 0.773. The predicted octanol–water partition coefficient (Wildman–Crippen LogP) is 0.756. The van der Waals surface area contributed by atoms with Gasteiger partial charge in [-0.2, -0.15) is 0 Å². The van der Waals surface area contributed by atoms with Gasteiger partial charge in [-0.25, -0.2) is 0 Å². The molecular formula is C9H23NO2. The van der Waals surface area contributed by atoms with Crippen LogP contribution in [0.5, 0.6) is 0 Å². The van der Waals surface area contributed by atoms with E-state index in [0.717, 1.165) is 19.4 Å². The van der Waals surface area contributed by atoms with Crippen LogP contribution in [0.1, 0.15) is 33.1 Å². The lowest BCUT2D eigenvalue weighted by atomic mass is 10.1. The number of aliphatic hydroxyl groups is 2. The molecule has 3 N–H and O–H groups in total. The minimum atomic E-state index is -0.517. The highest BCUT2D eigenvalue weighted by atomic mass is 16.3. The highest BCUT2D eigenvalue weighted by Gasteiger charge is 1.99. The first-order chi connectivity index (χ1) is 5.81. The van der Waals surface area contributed by atoms with Crippen LogP contribution in [0.4, 0.5) is 0 Å². The van der Waals surface area contributed by atoms with E-state index in [-0.39, 0.29) is 6.61 Å². The Kier molecular flexibility index (Phi) is 16.2. The Morgan fingerprint density at radius 2 is 1.83 bits per heavy atom. The van der Waals surface area contributed by atoms with E-state index in [2.05, 4.69) is 5.32 Å². The second kappa shape index (κ2) is 13.5. The summed E-state index contributed by atoms with van der Waals surface area (Å²) in [7, 11) is 1.91. The van der Waals surface area contributed by atoms with Crippen molar-refractivity contribution in [3.63, 3.8) is 0 Å². The minimum Gasteiger partial charge on any atom is -0.394 e. The molecular weight excluding hydrogens is 154 g/mol. The summed E-state index contributed by atoms with van der Waals surface area (Å²) in [6, 6.07) is 0. The monoisotopic (exact) mass is 177 g/mol. The quantitative estimate of drug-likeness (QED) is 0.525. The van der Waals surface area contributed by atoms with Gasteiger partial charge in [-0.05, 0) is 32.9 Å². The first-order valence-corrected chi connectivity index (χ1v) is 4.74. The summed E-state index contributed by atoms with van der Waals surface area (Å²) in [5, 5.41) is 20.3. The second-order valence-electron chi connectivity index (χ2n) is 2.44. The molecule has 1 unspecified atom stereocenters. The van der Waals surface area contributed by atoms with Crippen LogP contribution in [0, 0.1) is 0 Å². The smallest absolute Gasteiger partial charge is 0.0770 e. The van der Waals surface area contributed by atoms with E-state index in [1.165, 1.54) is 0 Å². The lowest BCUT2D eigenvalue weighted by Gasteiger charge is -2.05. The van der Waals surface area contributed by atoms with Crippen molar-refractivity contribution in [2.45, 2.75) is 39.2 Å². The molecule has 0 aliphatic rings. The van der Waals surface area contributed by atoms with Gasteiger partial charge < -0.3 is 15.5 Å². The Hall–Kier alpha value is -0.120.